The summed E-state index contributed by atoms with van der Waals surface area (Å²) in [6.07, 6.45) is 9.48. The van der Waals surface area contributed by atoms with E-state index in [1.807, 2.05) is 19.1 Å². The van der Waals surface area contributed by atoms with Gasteiger partial charge in [0.25, 0.3) is 0 Å². The molecule has 0 bridgehead atoms. The Morgan fingerprint density at radius 1 is 1.28 bits per heavy atom. The van der Waals surface area contributed by atoms with Crippen LogP contribution in [-0.2, 0) is 6.54 Å². The number of aromatic nitrogens is 3. The number of pyridine rings is 1. The SMILES string of the molecule is C=Nc1c(N/C=C(\C=N)c2ccc(C)nc2)cnn1/C=C\N(C)Cc1cc(F)ccc1F. The van der Waals surface area contributed by atoms with Crippen molar-refractivity contribution in [2.75, 3.05) is 12.4 Å². The van der Waals surface area contributed by atoms with E-state index < -0.39 is 11.6 Å². The number of anilines is 1. The lowest BCUT2D eigenvalue weighted by atomic mass is 10.1. The molecule has 2 N–H and O–H groups in total. The van der Waals surface area contributed by atoms with Gasteiger partial charge in [0, 0.05) is 67.0 Å². The molecule has 0 saturated heterocycles. The maximum Gasteiger partial charge on any atom is 0.178 e. The molecule has 2 heterocycles. The molecule has 0 saturated carbocycles. The van der Waals surface area contributed by atoms with E-state index in [-0.39, 0.29) is 12.1 Å². The molecule has 0 amide bonds. The molecule has 32 heavy (non-hydrogen) atoms. The highest BCUT2D eigenvalue weighted by Gasteiger charge is 2.09. The van der Waals surface area contributed by atoms with Gasteiger partial charge in [-0.15, -0.1) is 0 Å². The van der Waals surface area contributed by atoms with Gasteiger partial charge in [0.15, 0.2) is 5.82 Å². The molecule has 3 rings (SSSR count). The molecular formula is C23H23F2N7. The molecule has 7 nitrogen and oxygen atoms in total. The van der Waals surface area contributed by atoms with Crippen molar-refractivity contribution in [2.45, 2.75) is 13.5 Å². The normalized spacial score (nSPS) is 11.6. The quantitative estimate of drug-likeness (QED) is 0.470. The zero-order chi connectivity index (χ0) is 23.1. The second kappa shape index (κ2) is 10.3. The zero-order valence-corrected chi connectivity index (χ0v) is 17.8. The molecule has 9 heteroatoms. The third kappa shape index (κ3) is 5.51. The van der Waals surface area contributed by atoms with Gasteiger partial charge in [-0.25, -0.2) is 18.5 Å². The highest BCUT2D eigenvalue weighted by atomic mass is 19.1. The van der Waals surface area contributed by atoms with E-state index in [0.717, 1.165) is 23.4 Å². The molecule has 164 valence electrons. The van der Waals surface area contributed by atoms with Crippen molar-refractivity contribution >= 4 is 36.2 Å². The second-order valence-corrected chi connectivity index (χ2v) is 7.01. The number of rotatable bonds is 9. The van der Waals surface area contributed by atoms with Crippen LogP contribution in [-0.4, -0.2) is 39.6 Å². The minimum absolute atomic E-state index is 0.180. The number of nitrogens with one attached hydrogen (secondary N) is 2. The van der Waals surface area contributed by atoms with E-state index in [1.165, 1.54) is 17.0 Å². The van der Waals surface area contributed by atoms with Crippen LogP contribution in [0.15, 0.2) is 60.1 Å². The summed E-state index contributed by atoms with van der Waals surface area (Å²) in [5.41, 5.74) is 3.15. The number of allylic oxidation sites excluding steroid dienone is 1. The molecule has 1 aromatic carbocycles. The summed E-state index contributed by atoms with van der Waals surface area (Å²) < 4.78 is 28.7. The average molecular weight is 435 g/mol. The Bertz CT molecular complexity index is 1160. The zero-order valence-electron chi connectivity index (χ0n) is 17.8. The first-order chi connectivity index (χ1) is 15.4. The molecule has 2 aromatic heterocycles. The van der Waals surface area contributed by atoms with Crippen LogP contribution >= 0.6 is 0 Å². The van der Waals surface area contributed by atoms with E-state index >= 15 is 0 Å². The van der Waals surface area contributed by atoms with Crippen LogP contribution in [0.2, 0.25) is 0 Å². The van der Waals surface area contributed by atoms with E-state index in [4.69, 9.17) is 5.41 Å². The number of hydrogen-bond donors (Lipinski definition) is 2. The van der Waals surface area contributed by atoms with E-state index in [1.54, 1.807) is 42.9 Å². The minimum atomic E-state index is -0.488. The number of aliphatic imine (C=N–C) groups is 1. The fourth-order valence-corrected chi connectivity index (χ4v) is 2.89. The molecule has 0 spiro atoms. The topological polar surface area (TPSA) is 82.2 Å². The van der Waals surface area contributed by atoms with Crippen LogP contribution in [0.1, 0.15) is 16.8 Å². The van der Waals surface area contributed by atoms with Gasteiger partial charge in [0.05, 0.1) is 6.20 Å². The van der Waals surface area contributed by atoms with Crippen molar-refractivity contribution in [2.24, 2.45) is 4.99 Å². The lowest BCUT2D eigenvalue weighted by Gasteiger charge is -2.14. The Balaban J connectivity index is 1.73. The Labute approximate surface area is 184 Å². The molecule has 0 unspecified atom stereocenters. The second-order valence-electron chi connectivity index (χ2n) is 7.01. The first kappa shape index (κ1) is 22.5. The summed E-state index contributed by atoms with van der Waals surface area (Å²) in [4.78, 5) is 9.95. The Morgan fingerprint density at radius 2 is 2.09 bits per heavy atom. The molecule has 0 aliphatic rings. The summed E-state index contributed by atoms with van der Waals surface area (Å²) in [5, 5.41) is 15.0. The van der Waals surface area contributed by atoms with Crippen LogP contribution in [0.25, 0.3) is 11.8 Å². The van der Waals surface area contributed by atoms with Gasteiger partial charge in [-0.2, -0.15) is 5.10 Å². The predicted octanol–water partition coefficient (Wildman–Crippen LogP) is 4.86. The Morgan fingerprint density at radius 3 is 2.78 bits per heavy atom. The largest absolute Gasteiger partial charge is 0.375 e. The molecule has 3 aromatic rings. The molecule has 0 aliphatic carbocycles. The van der Waals surface area contributed by atoms with Gasteiger partial charge in [-0.05, 0) is 37.9 Å². The Hall–Kier alpha value is -4.14. The maximum absolute atomic E-state index is 13.8. The molecule has 0 radical (unpaired) electrons. The number of nitrogens with zero attached hydrogens (tertiary/aromatic N) is 5. The highest BCUT2D eigenvalue weighted by Crippen LogP contribution is 2.25. The van der Waals surface area contributed by atoms with Gasteiger partial charge in [0.2, 0.25) is 0 Å². The molecule has 0 fully saturated rings. The number of hydrogen-bond acceptors (Lipinski definition) is 6. The van der Waals surface area contributed by atoms with Crippen molar-refractivity contribution in [1.82, 2.24) is 19.7 Å². The van der Waals surface area contributed by atoms with Crippen LogP contribution in [0, 0.1) is 24.0 Å². The first-order valence-electron chi connectivity index (χ1n) is 9.68. The Kier molecular flexibility index (Phi) is 7.22. The third-order valence-corrected chi connectivity index (χ3v) is 4.59. The highest BCUT2D eigenvalue weighted by molar-refractivity contribution is 6.08. The lowest BCUT2D eigenvalue weighted by molar-refractivity contribution is 0.435. The average Bonchev–Trinajstić information content (AvgIpc) is 3.18. The van der Waals surface area contributed by atoms with Crippen molar-refractivity contribution < 1.29 is 8.78 Å². The van der Waals surface area contributed by atoms with Gasteiger partial charge in [-0.3, -0.25) is 4.98 Å². The fraction of sp³-hybridized carbons (Fsp3) is 0.130. The van der Waals surface area contributed by atoms with Crippen LogP contribution < -0.4 is 5.32 Å². The van der Waals surface area contributed by atoms with E-state index in [2.05, 4.69) is 27.1 Å². The third-order valence-electron chi connectivity index (χ3n) is 4.59. The van der Waals surface area contributed by atoms with E-state index in [0.29, 0.717) is 17.1 Å². The van der Waals surface area contributed by atoms with E-state index in [9.17, 15) is 8.78 Å². The van der Waals surface area contributed by atoms with Gasteiger partial charge >= 0.3 is 0 Å². The standard InChI is InChI=1S/C23H23F2N7/c1-16-4-5-17(12-28-16)19(11-26)13-29-22-14-30-32(23(22)27-2)9-8-31(3)15-18-10-20(24)6-7-21(18)25/h4-14,26,29H,2,15H2,1,3H3/b9-8-,19-13+,26-11?. The van der Waals surface area contributed by atoms with Crippen LogP contribution in [0.5, 0.6) is 0 Å². The van der Waals surface area contributed by atoms with Gasteiger partial charge in [-0.1, -0.05) is 6.07 Å². The smallest absolute Gasteiger partial charge is 0.178 e. The van der Waals surface area contributed by atoms with Crippen molar-refractivity contribution in [1.29, 1.82) is 5.41 Å². The van der Waals surface area contributed by atoms with Crippen molar-refractivity contribution in [3.8, 4) is 0 Å². The van der Waals surface area contributed by atoms with Crippen LogP contribution in [0.3, 0.4) is 0 Å². The van der Waals surface area contributed by atoms with Crippen molar-refractivity contribution in [3.05, 3.63) is 83.6 Å². The fourth-order valence-electron chi connectivity index (χ4n) is 2.89. The predicted molar refractivity (Wildman–Crippen MR) is 124 cm³/mol. The number of aryl methyl sites for hydroxylation is 1. The monoisotopic (exact) mass is 435 g/mol. The molecule has 0 aliphatic heterocycles. The summed E-state index contributed by atoms with van der Waals surface area (Å²) >= 11 is 0. The summed E-state index contributed by atoms with van der Waals surface area (Å²) in [7, 11) is 1.74. The lowest BCUT2D eigenvalue weighted by Crippen LogP contribution is -2.12. The number of halogens is 2. The van der Waals surface area contributed by atoms with Gasteiger partial charge in [0.1, 0.15) is 17.3 Å². The maximum atomic E-state index is 13.8. The van der Waals surface area contributed by atoms with Crippen molar-refractivity contribution in [3.63, 3.8) is 0 Å². The summed E-state index contributed by atoms with van der Waals surface area (Å²) in [6, 6.07) is 7.12. The summed E-state index contributed by atoms with van der Waals surface area (Å²) in [5.74, 6) is -0.504. The van der Waals surface area contributed by atoms with Gasteiger partial charge < -0.3 is 15.6 Å². The number of benzene rings is 1. The van der Waals surface area contributed by atoms with Crippen LogP contribution in [0.4, 0.5) is 20.3 Å². The molecular weight excluding hydrogens is 412 g/mol. The first-order valence-corrected chi connectivity index (χ1v) is 9.68. The summed E-state index contributed by atoms with van der Waals surface area (Å²) in [6.45, 7) is 5.67. The minimum Gasteiger partial charge on any atom is -0.375 e. The molecule has 0 atom stereocenters.